The second-order valence-electron chi connectivity index (χ2n) is 4.95. The zero-order valence-corrected chi connectivity index (χ0v) is 18.0. The standard InChI is InChI=1S/C6H12O6.5C2H4O2/c7-1-3(9)5(11)6(12)4(10)2-8;5*1-2(3)4/h1,3-6,8-12H,2H2;5*1H3,(H,3,4)/t3-,4+,5+,6-;;;;;/m0...../s1. The minimum atomic E-state index is -1.79. The molecule has 0 aromatic rings. The molecule has 16 heteroatoms. The highest BCUT2D eigenvalue weighted by molar-refractivity contribution is 5.63. The van der Waals surface area contributed by atoms with Crippen molar-refractivity contribution in [3.05, 3.63) is 0 Å². The average molecular weight is 480 g/mol. The van der Waals surface area contributed by atoms with Crippen LogP contribution < -0.4 is 0 Å². The molecule has 0 unspecified atom stereocenters. The van der Waals surface area contributed by atoms with E-state index in [4.69, 9.17) is 75.0 Å². The van der Waals surface area contributed by atoms with Gasteiger partial charge in [-0.15, -0.1) is 0 Å². The monoisotopic (exact) mass is 480 g/mol. The third-order valence-electron chi connectivity index (χ3n) is 1.42. The van der Waals surface area contributed by atoms with Crippen molar-refractivity contribution < 1.29 is 79.8 Å². The van der Waals surface area contributed by atoms with Crippen LogP contribution in [-0.2, 0) is 28.8 Å². The van der Waals surface area contributed by atoms with Crippen LogP contribution in [0.2, 0.25) is 0 Å². The predicted molar refractivity (Wildman–Crippen MR) is 104 cm³/mol. The van der Waals surface area contributed by atoms with Crippen LogP contribution in [0.5, 0.6) is 0 Å². The lowest BCUT2D eigenvalue weighted by Gasteiger charge is -2.22. The molecule has 0 aromatic heterocycles. The van der Waals surface area contributed by atoms with Crippen molar-refractivity contribution in [2.24, 2.45) is 0 Å². The highest BCUT2D eigenvalue weighted by Crippen LogP contribution is 2.02. The molecule has 0 saturated carbocycles. The zero-order chi connectivity index (χ0) is 27.6. The van der Waals surface area contributed by atoms with Gasteiger partial charge in [0.05, 0.1) is 6.61 Å². The third kappa shape index (κ3) is 109. The maximum Gasteiger partial charge on any atom is 0.300 e. The van der Waals surface area contributed by atoms with E-state index >= 15 is 0 Å². The van der Waals surface area contributed by atoms with Crippen LogP contribution in [0.4, 0.5) is 0 Å². The van der Waals surface area contributed by atoms with Gasteiger partial charge in [0.1, 0.15) is 24.4 Å². The Morgan fingerprint density at radius 3 is 0.906 bits per heavy atom. The molecule has 4 atom stereocenters. The predicted octanol–water partition coefficient (Wildman–Crippen LogP) is -2.92. The number of aldehydes is 1. The fraction of sp³-hybridized carbons (Fsp3) is 0.625. The van der Waals surface area contributed by atoms with Crippen molar-refractivity contribution in [2.75, 3.05) is 6.61 Å². The number of aliphatic hydroxyl groups excluding tert-OH is 5. The van der Waals surface area contributed by atoms with Crippen LogP contribution in [-0.4, -0.2) is 118 Å². The number of aliphatic hydroxyl groups is 5. The van der Waals surface area contributed by atoms with Gasteiger partial charge < -0.3 is 55.9 Å². The summed E-state index contributed by atoms with van der Waals surface area (Å²) in [6.07, 6.45) is -6.84. The molecule has 192 valence electrons. The van der Waals surface area contributed by atoms with E-state index in [1.54, 1.807) is 0 Å². The SMILES string of the molecule is CC(=O)O.CC(=O)O.CC(=O)O.CC(=O)O.CC(=O)O.O=C[C@H](O)[C@@H](O)[C@@H](O)[C@H](O)CO. The first-order valence-corrected chi connectivity index (χ1v) is 7.96. The van der Waals surface area contributed by atoms with Crippen molar-refractivity contribution >= 4 is 36.1 Å². The number of aliphatic carboxylic acids is 5. The van der Waals surface area contributed by atoms with Gasteiger partial charge in [-0.2, -0.15) is 0 Å². The summed E-state index contributed by atoms with van der Waals surface area (Å²) in [7, 11) is 0. The number of rotatable bonds is 5. The van der Waals surface area contributed by atoms with Crippen LogP contribution in [0.25, 0.3) is 0 Å². The number of carbonyl (C=O) groups is 6. The molecule has 0 aliphatic heterocycles. The molecule has 0 spiro atoms. The summed E-state index contributed by atoms with van der Waals surface area (Å²) in [5.41, 5.74) is 0. The Hall–Kier alpha value is -3.18. The molecule has 16 nitrogen and oxygen atoms in total. The van der Waals surface area contributed by atoms with E-state index in [0.29, 0.717) is 0 Å². The van der Waals surface area contributed by atoms with Crippen molar-refractivity contribution in [3.8, 4) is 0 Å². The summed E-state index contributed by atoms with van der Waals surface area (Å²) in [5.74, 6) is -4.17. The van der Waals surface area contributed by atoms with Crippen molar-refractivity contribution in [3.63, 3.8) is 0 Å². The van der Waals surface area contributed by atoms with E-state index < -0.39 is 60.9 Å². The Kier molecular flexibility index (Phi) is 40.2. The first-order valence-electron chi connectivity index (χ1n) is 7.96. The molecule has 0 aliphatic rings. The van der Waals surface area contributed by atoms with Crippen molar-refractivity contribution in [1.29, 1.82) is 0 Å². The van der Waals surface area contributed by atoms with Crippen LogP contribution >= 0.6 is 0 Å². The fourth-order valence-electron chi connectivity index (χ4n) is 0.618. The molecular formula is C16H32O16. The van der Waals surface area contributed by atoms with Crippen molar-refractivity contribution in [1.82, 2.24) is 0 Å². The molecule has 0 bridgehead atoms. The molecule has 0 saturated heterocycles. The normalized spacial score (nSPS) is 11.8. The lowest BCUT2D eigenvalue weighted by molar-refractivity contribution is -0.136. The number of hydrogen-bond donors (Lipinski definition) is 10. The van der Waals surface area contributed by atoms with Crippen molar-refractivity contribution in [2.45, 2.75) is 59.0 Å². The maximum atomic E-state index is 9.90. The lowest BCUT2D eigenvalue weighted by atomic mass is 10.0. The largest absolute Gasteiger partial charge is 0.481 e. The Morgan fingerprint density at radius 2 is 0.781 bits per heavy atom. The maximum absolute atomic E-state index is 9.90. The second-order valence-corrected chi connectivity index (χ2v) is 4.95. The van der Waals surface area contributed by atoms with Gasteiger partial charge in [0.15, 0.2) is 6.29 Å². The Labute approximate surface area is 182 Å². The number of carboxylic acid groups (broad SMARTS) is 5. The first kappa shape index (κ1) is 42.8. The van der Waals surface area contributed by atoms with Gasteiger partial charge in [0.25, 0.3) is 29.8 Å². The van der Waals surface area contributed by atoms with Gasteiger partial charge in [-0.1, -0.05) is 0 Å². The zero-order valence-electron chi connectivity index (χ0n) is 18.0. The Morgan fingerprint density at radius 1 is 0.594 bits per heavy atom. The summed E-state index contributed by atoms with van der Waals surface area (Å²) >= 11 is 0. The van der Waals surface area contributed by atoms with Crippen LogP contribution in [0, 0.1) is 0 Å². The van der Waals surface area contributed by atoms with E-state index in [-0.39, 0.29) is 6.29 Å². The van der Waals surface area contributed by atoms with Crippen LogP contribution in [0.3, 0.4) is 0 Å². The quantitative estimate of drug-likeness (QED) is 0.176. The highest BCUT2D eigenvalue weighted by Gasteiger charge is 2.29. The van der Waals surface area contributed by atoms with Crippen LogP contribution in [0.15, 0.2) is 0 Å². The lowest BCUT2D eigenvalue weighted by Crippen LogP contribution is -2.46. The van der Waals surface area contributed by atoms with Gasteiger partial charge in [-0.05, 0) is 0 Å². The van der Waals surface area contributed by atoms with Gasteiger partial charge >= 0.3 is 0 Å². The molecule has 0 rings (SSSR count). The molecule has 0 aromatic carbocycles. The van der Waals surface area contributed by atoms with Gasteiger partial charge in [-0.25, -0.2) is 0 Å². The summed E-state index contributed by atoms with van der Waals surface area (Å²) in [4.78, 5) is 54.9. The summed E-state index contributed by atoms with van der Waals surface area (Å²) in [6.45, 7) is 4.66. The van der Waals surface area contributed by atoms with E-state index in [0.717, 1.165) is 34.6 Å². The van der Waals surface area contributed by atoms with E-state index in [1.807, 2.05) is 0 Å². The van der Waals surface area contributed by atoms with E-state index in [9.17, 15) is 4.79 Å². The summed E-state index contributed by atoms with van der Waals surface area (Å²) < 4.78 is 0. The van der Waals surface area contributed by atoms with Crippen LogP contribution in [0.1, 0.15) is 34.6 Å². The fourth-order valence-corrected chi connectivity index (χ4v) is 0.618. The minimum Gasteiger partial charge on any atom is -0.481 e. The third-order valence-corrected chi connectivity index (χ3v) is 1.42. The van der Waals surface area contributed by atoms with Gasteiger partial charge in [0, 0.05) is 34.6 Å². The molecule has 10 N–H and O–H groups in total. The smallest absolute Gasteiger partial charge is 0.300 e. The molecule has 0 fully saturated rings. The molecule has 0 amide bonds. The molecule has 0 aliphatic carbocycles. The Bertz CT molecular complexity index is 429. The molecule has 32 heavy (non-hydrogen) atoms. The van der Waals surface area contributed by atoms with E-state index in [1.165, 1.54) is 0 Å². The molecule has 0 radical (unpaired) electrons. The average Bonchev–Trinajstić information content (AvgIpc) is 2.56. The number of carboxylic acids is 5. The summed E-state index contributed by atoms with van der Waals surface area (Å²) in [5, 5.41) is 80.6. The Balaban J connectivity index is -0.0000000706. The molecular weight excluding hydrogens is 448 g/mol. The number of carbonyl (C=O) groups excluding carboxylic acids is 1. The first-order chi connectivity index (χ1) is 14.2. The molecule has 0 heterocycles. The highest BCUT2D eigenvalue weighted by atomic mass is 16.4. The number of hydrogen-bond acceptors (Lipinski definition) is 11. The topological polar surface area (TPSA) is 305 Å². The minimum absolute atomic E-state index is 0.0258. The second kappa shape index (κ2) is 30.0. The van der Waals surface area contributed by atoms with Gasteiger partial charge in [0.2, 0.25) is 0 Å². The summed E-state index contributed by atoms with van der Waals surface area (Å²) in [6, 6.07) is 0. The van der Waals surface area contributed by atoms with E-state index in [2.05, 4.69) is 0 Å². The van der Waals surface area contributed by atoms with Gasteiger partial charge in [-0.3, -0.25) is 24.0 Å².